The summed E-state index contributed by atoms with van der Waals surface area (Å²) in [7, 11) is 1.49. The molecule has 0 aliphatic heterocycles. The Labute approximate surface area is 122 Å². The third kappa shape index (κ3) is 2.89. The molecule has 2 rings (SSSR count). The van der Waals surface area contributed by atoms with Crippen LogP contribution in [0.5, 0.6) is 0 Å². The minimum Gasteiger partial charge on any atom is -0.380 e. The van der Waals surface area contributed by atoms with E-state index in [0.29, 0.717) is 4.88 Å². The fourth-order valence-electron chi connectivity index (χ4n) is 1.56. The van der Waals surface area contributed by atoms with Crippen LogP contribution < -0.4 is 5.73 Å². The molecule has 0 aliphatic rings. The number of aromatic nitrogens is 2. The first kappa shape index (κ1) is 14.7. The van der Waals surface area contributed by atoms with Crippen molar-refractivity contribution in [3.05, 3.63) is 43.9 Å². The maximum atomic E-state index is 11.8. The van der Waals surface area contributed by atoms with E-state index in [-0.39, 0.29) is 11.5 Å². The number of nitrogens with zero attached hydrogens (tertiary/aromatic N) is 4. The van der Waals surface area contributed by atoms with Crippen LogP contribution in [-0.4, -0.2) is 26.5 Å². The number of oxime groups is 1. The van der Waals surface area contributed by atoms with Gasteiger partial charge in [-0.3, -0.25) is 14.8 Å². The Morgan fingerprint density at radius 2 is 2.33 bits per heavy atom. The van der Waals surface area contributed by atoms with Crippen LogP contribution in [0.15, 0.2) is 22.7 Å². The summed E-state index contributed by atoms with van der Waals surface area (Å²) in [5.41, 5.74) is 5.04. The first-order chi connectivity index (χ1) is 9.91. The molecule has 0 spiro atoms. The van der Waals surface area contributed by atoms with Gasteiger partial charge in [0.15, 0.2) is 5.84 Å². The lowest BCUT2D eigenvalue weighted by molar-refractivity contribution is -0.385. The van der Waals surface area contributed by atoms with Crippen molar-refractivity contribution in [2.45, 2.75) is 6.92 Å². The Morgan fingerprint density at radius 1 is 1.62 bits per heavy atom. The molecule has 0 saturated heterocycles. The van der Waals surface area contributed by atoms with Gasteiger partial charge in [-0.05, 0) is 18.4 Å². The van der Waals surface area contributed by atoms with E-state index in [1.807, 2.05) is 0 Å². The summed E-state index contributed by atoms with van der Waals surface area (Å²) in [5, 5.41) is 20.0. The summed E-state index contributed by atoms with van der Waals surface area (Å²) in [5.74, 6) is -1.03. The van der Waals surface area contributed by atoms with Gasteiger partial charge < -0.3 is 10.6 Å². The monoisotopic (exact) mass is 309 g/mol. The Morgan fingerprint density at radius 3 is 2.90 bits per heavy atom. The zero-order valence-corrected chi connectivity index (χ0v) is 12.0. The largest absolute Gasteiger partial charge is 0.393 e. The number of carbonyl (C=O) groups excluding carboxylic acids is 1. The number of amidine groups is 1. The number of carbonyl (C=O) groups is 1. The highest BCUT2D eigenvalue weighted by Gasteiger charge is 2.30. The normalized spacial score (nSPS) is 11.4. The highest BCUT2D eigenvalue weighted by Crippen LogP contribution is 2.22. The van der Waals surface area contributed by atoms with Gasteiger partial charge in [0.05, 0.1) is 9.80 Å². The number of thiophene rings is 1. The van der Waals surface area contributed by atoms with Crippen LogP contribution >= 0.6 is 11.3 Å². The highest BCUT2D eigenvalue weighted by atomic mass is 32.1. The molecule has 110 valence electrons. The molecule has 10 heteroatoms. The van der Waals surface area contributed by atoms with Crippen LogP contribution in [0, 0.1) is 17.0 Å². The van der Waals surface area contributed by atoms with Gasteiger partial charge in [-0.25, -0.2) is 4.79 Å². The molecule has 21 heavy (non-hydrogen) atoms. The lowest BCUT2D eigenvalue weighted by Crippen LogP contribution is -2.14. The second-order valence-electron chi connectivity index (χ2n) is 4.00. The Kier molecular flexibility index (Phi) is 3.98. The summed E-state index contributed by atoms with van der Waals surface area (Å²) in [6.07, 6.45) is 0. The van der Waals surface area contributed by atoms with Gasteiger partial charge in [-0.2, -0.15) is 5.10 Å². The van der Waals surface area contributed by atoms with Crippen LogP contribution in [0.2, 0.25) is 0 Å². The second-order valence-corrected chi connectivity index (χ2v) is 4.94. The van der Waals surface area contributed by atoms with Crippen molar-refractivity contribution in [1.29, 1.82) is 0 Å². The molecule has 9 nitrogen and oxygen atoms in total. The molecule has 2 aromatic heterocycles. The molecule has 0 aromatic carbocycles. The number of hydrogen-bond donors (Lipinski definition) is 1. The van der Waals surface area contributed by atoms with E-state index in [4.69, 9.17) is 5.73 Å². The van der Waals surface area contributed by atoms with E-state index in [1.165, 1.54) is 30.0 Å². The topological polar surface area (TPSA) is 126 Å². The minimum absolute atomic E-state index is 0.00801. The van der Waals surface area contributed by atoms with Gasteiger partial charge in [0.25, 0.3) is 0 Å². The number of aryl methyl sites for hydroxylation is 1. The van der Waals surface area contributed by atoms with Crippen LogP contribution in [0.4, 0.5) is 5.69 Å². The zero-order chi connectivity index (χ0) is 15.6. The van der Waals surface area contributed by atoms with Gasteiger partial charge >= 0.3 is 11.7 Å². The lowest BCUT2D eigenvalue weighted by Gasteiger charge is -1.96. The quantitative estimate of drug-likeness (QED) is 0.297. The Hall–Kier alpha value is -2.75. The van der Waals surface area contributed by atoms with Gasteiger partial charge in [-0.1, -0.05) is 11.2 Å². The van der Waals surface area contributed by atoms with E-state index in [1.54, 1.807) is 17.5 Å². The molecule has 0 amide bonds. The van der Waals surface area contributed by atoms with Gasteiger partial charge in [0.2, 0.25) is 5.69 Å². The minimum atomic E-state index is -1.04. The molecule has 0 unspecified atom stereocenters. The highest BCUT2D eigenvalue weighted by molar-refractivity contribution is 7.12. The maximum Gasteiger partial charge on any atom is 0.393 e. The summed E-state index contributed by atoms with van der Waals surface area (Å²) >= 11 is 1.32. The van der Waals surface area contributed by atoms with E-state index in [9.17, 15) is 14.9 Å². The third-order valence-corrected chi connectivity index (χ3v) is 3.57. The fourth-order valence-corrected chi connectivity index (χ4v) is 2.18. The summed E-state index contributed by atoms with van der Waals surface area (Å²) in [6.45, 7) is 1.48. The summed E-state index contributed by atoms with van der Waals surface area (Å²) < 4.78 is 1.22. The van der Waals surface area contributed by atoms with Crippen molar-refractivity contribution in [2.75, 3.05) is 0 Å². The molecule has 2 aromatic rings. The van der Waals surface area contributed by atoms with E-state index in [0.717, 1.165) is 0 Å². The first-order valence-electron chi connectivity index (χ1n) is 5.68. The lowest BCUT2D eigenvalue weighted by atomic mass is 10.3. The third-order valence-electron chi connectivity index (χ3n) is 2.68. The molecule has 2 N–H and O–H groups in total. The van der Waals surface area contributed by atoms with Gasteiger partial charge in [-0.15, -0.1) is 11.3 Å². The predicted molar refractivity (Wildman–Crippen MR) is 75.1 cm³/mol. The van der Waals surface area contributed by atoms with Crippen molar-refractivity contribution < 1.29 is 14.6 Å². The molecule has 0 fully saturated rings. The van der Waals surface area contributed by atoms with Crippen molar-refractivity contribution in [2.24, 2.45) is 17.9 Å². The van der Waals surface area contributed by atoms with Gasteiger partial charge in [0.1, 0.15) is 5.69 Å². The van der Waals surface area contributed by atoms with E-state index >= 15 is 0 Å². The standard InChI is InChI=1S/C11H11N5O4S/c1-6-9(16(18)19)8(13-15(6)2)11(17)20-14-10(12)7-4-3-5-21-7/h3-5H,1-2H3,(H2,12,14). The Balaban J connectivity index is 2.24. The SMILES string of the molecule is Cc1c([N+](=O)[O-])c(C(=O)O/N=C(\N)c2cccs2)nn1C. The Bertz CT molecular complexity index is 719. The molecule has 0 atom stereocenters. The van der Waals surface area contributed by atoms with Crippen molar-refractivity contribution in [3.63, 3.8) is 0 Å². The maximum absolute atomic E-state index is 11.8. The fraction of sp³-hybridized carbons (Fsp3) is 0.182. The average Bonchev–Trinajstić information content (AvgIpc) is 3.05. The summed E-state index contributed by atoms with van der Waals surface area (Å²) in [4.78, 5) is 27.4. The predicted octanol–water partition coefficient (Wildman–Crippen LogP) is 1.18. The van der Waals surface area contributed by atoms with E-state index in [2.05, 4.69) is 15.1 Å². The number of hydrogen-bond acceptors (Lipinski definition) is 7. The van der Waals surface area contributed by atoms with Crippen LogP contribution in [-0.2, 0) is 11.9 Å². The molecule has 0 aliphatic carbocycles. The number of nitro groups is 1. The molecular formula is C11H11N5O4S. The van der Waals surface area contributed by atoms with E-state index < -0.39 is 22.3 Å². The smallest absolute Gasteiger partial charge is 0.380 e. The molecule has 2 heterocycles. The van der Waals surface area contributed by atoms with Crippen molar-refractivity contribution >= 4 is 28.8 Å². The second kappa shape index (κ2) is 5.71. The molecular weight excluding hydrogens is 298 g/mol. The number of nitrogens with two attached hydrogens (primary N) is 1. The molecule has 0 radical (unpaired) electrons. The van der Waals surface area contributed by atoms with Crippen LogP contribution in [0.1, 0.15) is 21.1 Å². The average molecular weight is 309 g/mol. The van der Waals surface area contributed by atoms with Crippen LogP contribution in [0.3, 0.4) is 0 Å². The van der Waals surface area contributed by atoms with Gasteiger partial charge in [0, 0.05) is 7.05 Å². The zero-order valence-electron chi connectivity index (χ0n) is 11.1. The first-order valence-corrected chi connectivity index (χ1v) is 6.56. The van der Waals surface area contributed by atoms with Crippen LogP contribution in [0.25, 0.3) is 0 Å². The molecule has 0 saturated carbocycles. The van der Waals surface area contributed by atoms with Crippen molar-refractivity contribution in [3.8, 4) is 0 Å². The van der Waals surface area contributed by atoms with Crippen molar-refractivity contribution in [1.82, 2.24) is 9.78 Å². The molecule has 0 bridgehead atoms. The summed E-state index contributed by atoms with van der Waals surface area (Å²) in [6, 6.07) is 3.46. The number of rotatable bonds is 4.